The van der Waals surface area contributed by atoms with Gasteiger partial charge in [0.25, 0.3) is 0 Å². The third-order valence-electron chi connectivity index (χ3n) is 2.72. The van der Waals surface area contributed by atoms with Gasteiger partial charge in [-0.25, -0.2) is 0 Å². The summed E-state index contributed by atoms with van der Waals surface area (Å²) in [6.45, 7) is 4.34. The lowest BCUT2D eigenvalue weighted by molar-refractivity contribution is -0.120. The summed E-state index contributed by atoms with van der Waals surface area (Å²) in [5.41, 5.74) is 0.782. The first-order chi connectivity index (χ1) is 8.56. The average Bonchev–Trinajstić information content (AvgIpc) is 2.37. The summed E-state index contributed by atoms with van der Waals surface area (Å²) in [6.07, 6.45) is 1.88. The molecule has 0 bridgehead atoms. The molecule has 0 saturated carbocycles. The van der Waals surface area contributed by atoms with Gasteiger partial charge >= 0.3 is 0 Å². The summed E-state index contributed by atoms with van der Waals surface area (Å²) in [5, 5.41) is 6.94. The van der Waals surface area contributed by atoms with E-state index in [4.69, 9.17) is 23.2 Å². The summed E-state index contributed by atoms with van der Waals surface area (Å²) < 4.78 is 0. The average molecular weight is 289 g/mol. The maximum atomic E-state index is 11.7. The van der Waals surface area contributed by atoms with E-state index in [9.17, 15) is 4.79 Å². The largest absolute Gasteiger partial charge is 0.376 e. The number of carbonyl (C=O) groups is 1. The van der Waals surface area contributed by atoms with Crippen molar-refractivity contribution >= 4 is 34.8 Å². The lowest BCUT2D eigenvalue weighted by atomic mass is 10.2. The van der Waals surface area contributed by atoms with Crippen LogP contribution in [0.5, 0.6) is 0 Å². The fourth-order valence-electron chi connectivity index (χ4n) is 1.56. The quantitative estimate of drug-likeness (QED) is 0.838. The van der Waals surface area contributed by atoms with Crippen molar-refractivity contribution < 1.29 is 4.79 Å². The Balaban J connectivity index is 2.44. The molecule has 0 aliphatic rings. The van der Waals surface area contributed by atoms with Crippen LogP contribution in [0.1, 0.15) is 26.7 Å². The van der Waals surface area contributed by atoms with E-state index in [0.717, 1.165) is 18.5 Å². The third kappa shape index (κ3) is 4.75. The molecule has 18 heavy (non-hydrogen) atoms. The molecule has 1 aromatic carbocycles. The van der Waals surface area contributed by atoms with Crippen LogP contribution in [0.4, 0.5) is 5.69 Å². The van der Waals surface area contributed by atoms with E-state index < -0.39 is 0 Å². The van der Waals surface area contributed by atoms with Crippen molar-refractivity contribution in [3.05, 3.63) is 28.2 Å². The molecular formula is C13H18Cl2N2O. The standard InChI is InChI=1S/C13H18Cl2N2O/c1-3-9(4-2)17-13(18)8-16-10-5-6-11(14)12(15)7-10/h5-7,9,16H,3-4,8H2,1-2H3,(H,17,18). The number of anilines is 1. The highest BCUT2D eigenvalue weighted by Crippen LogP contribution is 2.24. The van der Waals surface area contributed by atoms with Crippen molar-refractivity contribution in [2.45, 2.75) is 32.7 Å². The SMILES string of the molecule is CCC(CC)NC(=O)CNc1ccc(Cl)c(Cl)c1. The van der Waals surface area contributed by atoms with Crippen LogP contribution >= 0.6 is 23.2 Å². The Bertz CT molecular complexity index is 406. The van der Waals surface area contributed by atoms with Crippen LogP contribution < -0.4 is 10.6 Å². The summed E-state index contributed by atoms with van der Waals surface area (Å²) >= 11 is 11.7. The van der Waals surface area contributed by atoms with Crippen LogP contribution in [0, 0.1) is 0 Å². The number of amides is 1. The van der Waals surface area contributed by atoms with Crippen LogP contribution in [-0.2, 0) is 4.79 Å². The smallest absolute Gasteiger partial charge is 0.239 e. The second-order valence-corrected chi connectivity index (χ2v) is 4.88. The Morgan fingerprint density at radius 1 is 1.22 bits per heavy atom. The molecule has 0 spiro atoms. The van der Waals surface area contributed by atoms with E-state index in [1.165, 1.54) is 0 Å². The number of halogens is 2. The predicted octanol–water partition coefficient (Wildman–Crippen LogP) is 3.71. The molecule has 0 aromatic heterocycles. The number of rotatable bonds is 6. The number of nitrogens with one attached hydrogen (secondary N) is 2. The number of carbonyl (C=O) groups excluding carboxylic acids is 1. The Labute approximate surface area is 118 Å². The Morgan fingerprint density at radius 3 is 2.44 bits per heavy atom. The van der Waals surface area contributed by atoms with Crippen LogP contribution in [0.25, 0.3) is 0 Å². The van der Waals surface area contributed by atoms with Gasteiger partial charge in [-0.3, -0.25) is 4.79 Å². The molecule has 0 radical (unpaired) electrons. The van der Waals surface area contributed by atoms with E-state index >= 15 is 0 Å². The molecule has 5 heteroatoms. The minimum absolute atomic E-state index is 0.0187. The van der Waals surface area contributed by atoms with Crippen molar-refractivity contribution in [3.8, 4) is 0 Å². The van der Waals surface area contributed by atoms with Crippen molar-refractivity contribution in [3.63, 3.8) is 0 Å². The monoisotopic (exact) mass is 288 g/mol. The normalized spacial score (nSPS) is 10.5. The van der Waals surface area contributed by atoms with E-state index in [-0.39, 0.29) is 18.5 Å². The van der Waals surface area contributed by atoms with E-state index in [1.807, 2.05) is 0 Å². The van der Waals surface area contributed by atoms with Gasteiger partial charge in [0.05, 0.1) is 16.6 Å². The zero-order valence-corrected chi connectivity index (χ0v) is 12.1. The van der Waals surface area contributed by atoms with Gasteiger partial charge in [-0.1, -0.05) is 37.0 Å². The minimum atomic E-state index is -0.0187. The van der Waals surface area contributed by atoms with E-state index in [2.05, 4.69) is 24.5 Å². The molecule has 2 N–H and O–H groups in total. The molecule has 0 aliphatic heterocycles. The summed E-state index contributed by atoms with van der Waals surface area (Å²) in [6, 6.07) is 5.44. The predicted molar refractivity (Wildman–Crippen MR) is 77.5 cm³/mol. The van der Waals surface area contributed by atoms with Crippen molar-refractivity contribution in [1.29, 1.82) is 0 Å². The van der Waals surface area contributed by atoms with Crippen LogP contribution in [0.3, 0.4) is 0 Å². The van der Waals surface area contributed by atoms with Gasteiger partial charge in [0.1, 0.15) is 0 Å². The van der Waals surface area contributed by atoms with Crippen molar-refractivity contribution in [1.82, 2.24) is 5.32 Å². The summed E-state index contributed by atoms with van der Waals surface area (Å²) in [4.78, 5) is 11.7. The molecule has 1 amide bonds. The highest BCUT2D eigenvalue weighted by molar-refractivity contribution is 6.42. The van der Waals surface area contributed by atoms with E-state index in [0.29, 0.717) is 10.0 Å². The van der Waals surface area contributed by atoms with E-state index in [1.54, 1.807) is 18.2 Å². The highest BCUT2D eigenvalue weighted by atomic mass is 35.5. The zero-order chi connectivity index (χ0) is 13.5. The molecular weight excluding hydrogens is 271 g/mol. The maximum absolute atomic E-state index is 11.7. The molecule has 1 aromatic rings. The van der Waals surface area contributed by atoms with Crippen molar-refractivity contribution in [2.24, 2.45) is 0 Å². The fraction of sp³-hybridized carbons (Fsp3) is 0.462. The van der Waals surface area contributed by atoms with Crippen LogP contribution in [-0.4, -0.2) is 18.5 Å². The lowest BCUT2D eigenvalue weighted by Crippen LogP contribution is -2.37. The minimum Gasteiger partial charge on any atom is -0.376 e. The molecule has 3 nitrogen and oxygen atoms in total. The van der Waals surface area contributed by atoms with Gasteiger partial charge < -0.3 is 10.6 Å². The van der Waals surface area contributed by atoms with Gasteiger partial charge in [-0.2, -0.15) is 0 Å². The molecule has 0 fully saturated rings. The number of hydrogen-bond donors (Lipinski definition) is 2. The second-order valence-electron chi connectivity index (χ2n) is 4.06. The van der Waals surface area contributed by atoms with Crippen molar-refractivity contribution in [2.75, 3.05) is 11.9 Å². The Kier molecular flexibility index (Phi) is 6.30. The molecule has 0 aliphatic carbocycles. The first-order valence-corrected chi connectivity index (χ1v) is 6.80. The number of benzene rings is 1. The highest BCUT2D eigenvalue weighted by Gasteiger charge is 2.08. The Hall–Kier alpha value is -0.930. The topological polar surface area (TPSA) is 41.1 Å². The van der Waals surface area contributed by atoms with Gasteiger partial charge in [0, 0.05) is 11.7 Å². The van der Waals surface area contributed by atoms with Gasteiger partial charge in [-0.15, -0.1) is 0 Å². The molecule has 100 valence electrons. The first kappa shape index (κ1) is 15.1. The molecule has 0 atom stereocenters. The lowest BCUT2D eigenvalue weighted by Gasteiger charge is -2.15. The Morgan fingerprint density at radius 2 is 1.89 bits per heavy atom. The van der Waals surface area contributed by atoms with Gasteiger partial charge in [-0.05, 0) is 31.0 Å². The number of hydrogen-bond acceptors (Lipinski definition) is 2. The van der Waals surface area contributed by atoms with Crippen LogP contribution in [0.2, 0.25) is 10.0 Å². The van der Waals surface area contributed by atoms with Gasteiger partial charge in [0.2, 0.25) is 5.91 Å². The summed E-state index contributed by atoms with van der Waals surface area (Å²) in [7, 11) is 0. The molecule has 0 unspecified atom stereocenters. The third-order valence-corrected chi connectivity index (χ3v) is 3.46. The second kappa shape index (κ2) is 7.49. The van der Waals surface area contributed by atoms with Crippen LogP contribution in [0.15, 0.2) is 18.2 Å². The molecule has 0 saturated heterocycles. The molecule has 0 heterocycles. The summed E-state index contributed by atoms with van der Waals surface area (Å²) in [5.74, 6) is -0.0187. The fourth-order valence-corrected chi connectivity index (χ4v) is 1.86. The van der Waals surface area contributed by atoms with Gasteiger partial charge in [0.15, 0.2) is 0 Å². The zero-order valence-electron chi connectivity index (χ0n) is 10.6. The molecule has 1 rings (SSSR count). The first-order valence-electron chi connectivity index (χ1n) is 6.05. The maximum Gasteiger partial charge on any atom is 0.239 e.